The standard InChI is InChI=1S/C22H44N3O7P/c1-9-29-33(28,30-10-2)25-15-13-23(17-19(26)31-21(3,4)5)11-12-24(14-16-25)18-20(27)32-22(6,7)8/h9-18H2,1-8H3. The molecule has 0 bridgehead atoms. The van der Waals surface area contributed by atoms with Crippen LogP contribution in [0.5, 0.6) is 0 Å². The molecule has 1 fully saturated rings. The van der Waals surface area contributed by atoms with Gasteiger partial charge < -0.3 is 9.47 Å². The summed E-state index contributed by atoms with van der Waals surface area (Å²) in [6, 6.07) is 0. The zero-order valence-electron chi connectivity index (χ0n) is 21.7. The Balaban J connectivity index is 3.02. The first-order chi connectivity index (χ1) is 15.2. The van der Waals surface area contributed by atoms with E-state index in [0.29, 0.717) is 39.3 Å². The van der Waals surface area contributed by atoms with Crippen LogP contribution in [0.3, 0.4) is 0 Å². The Kier molecular flexibility index (Phi) is 12.0. The molecule has 194 valence electrons. The first-order valence-corrected chi connectivity index (χ1v) is 13.2. The van der Waals surface area contributed by atoms with Crippen molar-refractivity contribution in [2.24, 2.45) is 0 Å². The van der Waals surface area contributed by atoms with Gasteiger partial charge in [0.1, 0.15) is 11.2 Å². The van der Waals surface area contributed by atoms with E-state index in [-0.39, 0.29) is 38.2 Å². The van der Waals surface area contributed by atoms with Gasteiger partial charge in [-0.15, -0.1) is 0 Å². The van der Waals surface area contributed by atoms with Gasteiger partial charge in [-0.25, -0.2) is 9.24 Å². The van der Waals surface area contributed by atoms with Crippen LogP contribution in [0.25, 0.3) is 0 Å². The molecule has 0 saturated carbocycles. The maximum atomic E-state index is 13.4. The van der Waals surface area contributed by atoms with E-state index in [4.69, 9.17) is 18.5 Å². The molecule has 0 amide bonds. The molecule has 0 radical (unpaired) electrons. The van der Waals surface area contributed by atoms with Crippen molar-refractivity contribution in [1.29, 1.82) is 0 Å². The third kappa shape index (κ3) is 12.3. The van der Waals surface area contributed by atoms with Gasteiger partial charge in [0.15, 0.2) is 0 Å². The summed E-state index contributed by atoms with van der Waals surface area (Å²) in [6.45, 7) is 18.0. The molecular weight excluding hydrogens is 449 g/mol. The van der Waals surface area contributed by atoms with Crippen LogP contribution < -0.4 is 0 Å². The summed E-state index contributed by atoms with van der Waals surface area (Å²) < 4.78 is 37.2. The third-order valence-corrected chi connectivity index (χ3v) is 6.82. The topological polar surface area (TPSA) is 97.9 Å². The molecule has 1 rings (SSSR count). The fourth-order valence-electron chi connectivity index (χ4n) is 3.33. The lowest BCUT2D eigenvalue weighted by Gasteiger charge is -2.31. The highest BCUT2D eigenvalue weighted by atomic mass is 31.2. The summed E-state index contributed by atoms with van der Waals surface area (Å²) in [5.41, 5.74) is -1.16. The van der Waals surface area contributed by atoms with Crippen molar-refractivity contribution < 1.29 is 32.7 Å². The van der Waals surface area contributed by atoms with Crippen LogP contribution in [-0.4, -0.2) is 103 Å². The quantitative estimate of drug-likeness (QED) is 0.352. The van der Waals surface area contributed by atoms with Gasteiger partial charge in [-0.2, -0.15) is 0 Å². The molecule has 0 aromatic heterocycles. The van der Waals surface area contributed by atoms with Gasteiger partial charge in [0.25, 0.3) is 0 Å². The van der Waals surface area contributed by atoms with E-state index in [1.165, 1.54) is 0 Å². The van der Waals surface area contributed by atoms with E-state index >= 15 is 0 Å². The summed E-state index contributed by atoms with van der Waals surface area (Å²) in [5.74, 6) is -0.658. The minimum Gasteiger partial charge on any atom is -0.459 e. The van der Waals surface area contributed by atoms with Crippen LogP contribution in [0.2, 0.25) is 0 Å². The van der Waals surface area contributed by atoms with E-state index in [1.54, 1.807) is 18.5 Å². The maximum absolute atomic E-state index is 13.4. The molecule has 33 heavy (non-hydrogen) atoms. The van der Waals surface area contributed by atoms with Gasteiger partial charge in [-0.1, -0.05) is 0 Å². The normalized spacial score (nSPS) is 18.3. The van der Waals surface area contributed by atoms with Crippen molar-refractivity contribution in [3.63, 3.8) is 0 Å². The molecule has 0 N–H and O–H groups in total. The monoisotopic (exact) mass is 493 g/mol. The molecule has 1 aliphatic rings. The average molecular weight is 494 g/mol. The van der Waals surface area contributed by atoms with Gasteiger partial charge >= 0.3 is 19.7 Å². The van der Waals surface area contributed by atoms with Crippen LogP contribution >= 0.6 is 7.75 Å². The van der Waals surface area contributed by atoms with E-state index in [0.717, 1.165) is 0 Å². The number of ether oxygens (including phenoxy) is 2. The van der Waals surface area contributed by atoms with Gasteiger partial charge in [0, 0.05) is 39.3 Å². The van der Waals surface area contributed by atoms with Crippen LogP contribution in [0.4, 0.5) is 0 Å². The molecule has 0 unspecified atom stereocenters. The predicted molar refractivity (Wildman–Crippen MR) is 127 cm³/mol. The van der Waals surface area contributed by atoms with Gasteiger partial charge in [-0.05, 0) is 55.4 Å². The summed E-state index contributed by atoms with van der Waals surface area (Å²) in [7, 11) is -3.50. The van der Waals surface area contributed by atoms with E-state index < -0.39 is 18.9 Å². The minimum atomic E-state index is -3.50. The van der Waals surface area contributed by atoms with E-state index in [2.05, 4.69) is 0 Å². The fourth-order valence-corrected chi connectivity index (χ4v) is 5.06. The van der Waals surface area contributed by atoms with Crippen LogP contribution in [0.1, 0.15) is 55.4 Å². The second-order valence-corrected chi connectivity index (χ2v) is 12.0. The molecule has 1 aliphatic heterocycles. The molecule has 0 aromatic rings. The van der Waals surface area contributed by atoms with Crippen molar-refractivity contribution >= 4 is 19.7 Å². The predicted octanol–water partition coefficient (Wildman–Crippen LogP) is 2.77. The van der Waals surface area contributed by atoms with Crippen molar-refractivity contribution in [1.82, 2.24) is 14.5 Å². The third-order valence-electron chi connectivity index (χ3n) is 4.56. The number of carbonyl (C=O) groups excluding carboxylic acids is 2. The highest BCUT2D eigenvalue weighted by Crippen LogP contribution is 2.51. The molecule has 0 spiro atoms. The summed E-state index contributed by atoms with van der Waals surface area (Å²) in [5, 5.41) is 0. The molecule has 0 aliphatic carbocycles. The molecule has 1 heterocycles. The lowest BCUT2D eigenvalue weighted by Crippen LogP contribution is -2.42. The summed E-state index contributed by atoms with van der Waals surface area (Å²) in [4.78, 5) is 28.8. The van der Waals surface area contributed by atoms with Crippen LogP contribution in [0.15, 0.2) is 0 Å². The Morgan fingerprint density at radius 2 is 1.03 bits per heavy atom. The van der Waals surface area contributed by atoms with Crippen LogP contribution in [-0.2, 0) is 32.7 Å². The minimum absolute atomic E-state index is 0.0962. The Morgan fingerprint density at radius 3 is 1.33 bits per heavy atom. The summed E-state index contributed by atoms with van der Waals surface area (Å²) >= 11 is 0. The van der Waals surface area contributed by atoms with Crippen molar-refractivity contribution in [3.8, 4) is 0 Å². The van der Waals surface area contributed by atoms with Crippen molar-refractivity contribution in [2.75, 3.05) is 65.6 Å². The first-order valence-electron chi connectivity index (χ1n) is 11.7. The van der Waals surface area contributed by atoms with Crippen molar-refractivity contribution in [3.05, 3.63) is 0 Å². The average Bonchev–Trinajstić information content (AvgIpc) is 2.71. The van der Waals surface area contributed by atoms with Gasteiger partial charge in [-0.3, -0.25) is 28.4 Å². The first kappa shape index (κ1) is 30.0. The lowest BCUT2D eigenvalue weighted by atomic mass is 10.2. The lowest BCUT2D eigenvalue weighted by molar-refractivity contribution is -0.158. The Morgan fingerprint density at radius 1 is 0.697 bits per heavy atom. The van der Waals surface area contributed by atoms with E-state index in [9.17, 15) is 14.2 Å². The largest absolute Gasteiger partial charge is 0.459 e. The molecule has 10 nitrogen and oxygen atoms in total. The summed E-state index contributed by atoms with van der Waals surface area (Å²) in [6.07, 6.45) is 0. The van der Waals surface area contributed by atoms with E-state index in [1.807, 2.05) is 51.3 Å². The molecule has 0 aromatic carbocycles. The SMILES string of the molecule is CCOP(=O)(OCC)N1CCN(CC(=O)OC(C)(C)C)CCN(CC(=O)OC(C)(C)C)CC1. The maximum Gasteiger partial charge on any atom is 0.408 e. The molecule has 1 saturated heterocycles. The smallest absolute Gasteiger partial charge is 0.408 e. The van der Waals surface area contributed by atoms with Gasteiger partial charge in [0.05, 0.1) is 26.3 Å². The molecule has 0 atom stereocenters. The highest BCUT2D eigenvalue weighted by molar-refractivity contribution is 7.51. The Hall–Kier alpha value is -1.03. The zero-order chi connectivity index (χ0) is 25.3. The fraction of sp³-hybridized carbons (Fsp3) is 0.909. The molecular formula is C22H44N3O7P. The number of carbonyl (C=O) groups is 2. The zero-order valence-corrected chi connectivity index (χ0v) is 22.6. The number of esters is 2. The highest BCUT2D eigenvalue weighted by Gasteiger charge is 2.34. The number of rotatable bonds is 9. The number of nitrogens with zero attached hydrogens (tertiary/aromatic N) is 3. The molecule has 11 heteroatoms. The van der Waals surface area contributed by atoms with Crippen molar-refractivity contribution in [2.45, 2.75) is 66.6 Å². The Labute approximate surface area is 199 Å². The number of hydrogen-bond acceptors (Lipinski definition) is 9. The Bertz CT molecular complexity index is 624. The second kappa shape index (κ2) is 13.2. The second-order valence-electron chi connectivity index (χ2n) is 9.98. The van der Waals surface area contributed by atoms with Crippen LogP contribution in [0, 0.1) is 0 Å². The number of hydrogen-bond donors (Lipinski definition) is 0. The van der Waals surface area contributed by atoms with Gasteiger partial charge in [0.2, 0.25) is 0 Å².